The lowest BCUT2D eigenvalue weighted by molar-refractivity contribution is -0.158. The van der Waals surface area contributed by atoms with Crippen molar-refractivity contribution in [2.45, 2.75) is 31.0 Å². The highest BCUT2D eigenvalue weighted by Crippen LogP contribution is 2.45. The molecule has 1 aliphatic carbocycles. The number of hydrogen-bond donors (Lipinski definition) is 0. The average molecular weight is 310 g/mol. The number of aryl methyl sites for hydroxylation is 1. The summed E-state index contributed by atoms with van der Waals surface area (Å²) in [6.07, 6.45) is -0.571. The third-order valence-electron chi connectivity index (χ3n) is 4.73. The molecule has 2 aromatic rings. The van der Waals surface area contributed by atoms with E-state index in [-0.39, 0.29) is 12.8 Å². The first kappa shape index (κ1) is 14.1. The number of benzene rings is 2. The average Bonchev–Trinajstić information content (AvgIpc) is 2.58. The van der Waals surface area contributed by atoms with E-state index < -0.39 is 23.5 Å². The van der Waals surface area contributed by atoms with Crippen LogP contribution in [0.1, 0.15) is 39.6 Å². The highest BCUT2D eigenvalue weighted by molar-refractivity contribution is 6.05. The lowest BCUT2D eigenvalue weighted by Gasteiger charge is -2.38. The van der Waals surface area contributed by atoms with Gasteiger partial charge in [0.15, 0.2) is 6.10 Å². The number of Topliss-reactive ketones (excluding diaryl/α,β-unsaturated/α-hetero) is 1. The third-order valence-corrected chi connectivity index (χ3v) is 4.73. The molecule has 0 amide bonds. The zero-order valence-electron chi connectivity index (χ0n) is 12.4. The van der Waals surface area contributed by atoms with Crippen molar-refractivity contribution in [3.63, 3.8) is 0 Å². The second-order valence-electron chi connectivity index (χ2n) is 6.09. The van der Waals surface area contributed by atoms with Gasteiger partial charge in [-0.15, -0.1) is 0 Å². The Kier molecular flexibility index (Phi) is 3.08. The molecule has 0 saturated carbocycles. The number of alkyl halides is 1. The predicted octanol–water partition coefficient (Wildman–Crippen LogP) is 3.36. The molecule has 0 radical (unpaired) electrons. The molecular weight excluding hydrogens is 295 g/mol. The zero-order chi connectivity index (χ0) is 16.0. The lowest BCUT2D eigenvalue weighted by atomic mass is 9.74. The van der Waals surface area contributed by atoms with Crippen LogP contribution >= 0.6 is 0 Å². The van der Waals surface area contributed by atoms with Gasteiger partial charge in [0.05, 0.1) is 6.42 Å². The molecule has 2 atom stereocenters. The van der Waals surface area contributed by atoms with E-state index in [0.29, 0.717) is 17.5 Å². The van der Waals surface area contributed by atoms with E-state index in [1.54, 1.807) is 36.4 Å². The van der Waals surface area contributed by atoms with Crippen LogP contribution in [-0.2, 0) is 22.4 Å². The minimum atomic E-state index is -2.21. The molecular formula is C19H15FO3. The van der Waals surface area contributed by atoms with E-state index in [9.17, 15) is 9.59 Å². The van der Waals surface area contributed by atoms with Crippen LogP contribution in [-0.4, -0.2) is 17.4 Å². The first-order valence-corrected chi connectivity index (χ1v) is 7.68. The summed E-state index contributed by atoms with van der Waals surface area (Å²) < 4.78 is 21.1. The van der Waals surface area contributed by atoms with Crippen molar-refractivity contribution >= 4 is 11.8 Å². The number of halogens is 1. The lowest BCUT2D eigenvalue weighted by Crippen LogP contribution is -2.47. The molecule has 2 aliphatic rings. The van der Waals surface area contributed by atoms with Crippen LogP contribution in [0, 0.1) is 0 Å². The Morgan fingerprint density at radius 1 is 1.00 bits per heavy atom. The first-order valence-electron chi connectivity index (χ1n) is 7.68. The van der Waals surface area contributed by atoms with Crippen molar-refractivity contribution in [2.75, 3.05) is 0 Å². The normalized spacial score (nSPS) is 26.2. The highest BCUT2D eigenvalue weighted by Gasteiger charge is 2.53. The number of ether oxygens (including phenoxy) is 1. The second-order valence-corrected chi connectivity index (χ2v) is 6.09. The van der Waals surface area contributed by atoms with Gasteiger partial charge < -0.3 is 4.74 Å². The van der Waals surface area contributed by atoms with Crippen LogP contribution in [0.4, 0.5) is 4.39 Å². The van der Waals surface area contributed by atoms with Crippen molar-refractivity contribution < 1.29 is 18.7 Å². The Hall–Kier alpha value is -2.49. The SMILES string of the molecule is O=C1Cc2ccccc2[C@@H]([C@]2(F)CCc3ccccc3C2=O)O1. The van der Waals surface area contributed by atoms with Crippen LogP contribution in [0.25, 0.3) is 0 Å². The number of esters is 1. The number of rotatable bonds is 1. The molecule has 0 bridgehead atoms. The zero-order valence-corrected chi connectivity index (χ0v) is 12.4. The molecule has 0 spiro atoms. The predicted molar refractivity (Wildman–Crippen MR) is 81.9 cm³/mol. The maximum atomic E-state index is 15.8. The van der Waals surface area contributed by atoms with Gasteiger partial charge in [-0.3, -0.25) is 9.59 Å². The quantitative estimate of drug-likeness (QED) is 0.759. The summed E-state index contributed by atoms with van der Waals surface area (Å²) in [5.41, 5.74) is 0.363. The van der Waals surface area contributed by atoms with Crippen LogP contribution < -0.4 is 0 Å². The van der Waals surface area contributed by atoms with Gasteiger partial charge in [0.2, 0.25) is 11.5 Å². The molecule has 1 heterocycles. The minimum absolute atomic E-state index is 0.0229. The van der Waals surface area contributed by atoms with E-state index in [1.165, 1.54) is 0 Å². The Labute approximate surface area is 133 Å². The number of carbonyl (C=O) groups is 2. The topological polar surface area (TPSA) is 43.4 Å². The Morgan fingerprint density at radius 2 is 1.70 bits per heavy atom. The van der Waals surface area contributed by atoms with Gasteiger partial charge in [-0.2, -0.15) is 0 Å². The van der Waals surface area contributed by atoms with E-state index in [4.69, 9.17) is 4.74 Å². The van der Waals surface area contributed by atoms with Gasteiger partial charge in [-0.05, 0) is 29.5 Å². The van der Waals surface area contributed by atoms with Gasteiger partial charge >= 0.3 is 5.97 Å². The maximum absolute atomic E-state index is 15.8. The summed E-state index contributed by atoms with van der Waals surface area (Å²) in [7, 11) is 0. The number of carbonyl (C=O) groups excluding carboxylic acids is 2. The van der Waals surface area contributed by atoms with Crippen molar-refractivity contribution in [1.82, 2.24) is 0 Å². The molecule has 116 valence electrons. The fourth-order valence-electron chi connectivity index (χ4n) is 3.55. The van der Waals surface area contributed by atoms with Crippen molar-refractivity contribution in [3.8, 4) is 0 Å². The molecule has 4 heteroatoms. The highest BCUT2D eigenvalue weighted by atomic mass is 19.1. The van der Waals surface area contributed by atoms with E-state index in [1.807, 2.05) is 12.1 Å². The summed E-state index contributed by atoms with van der Waals surface area (Å²) in [6, 6.07) is 14.1. The Bertz CT molecular complexity index is 814. The third kappa shape index (κ3) is 2.09. The first-order chi connectivity index (χ1) is 11.1. The van der Waals surface area contributed by atoms with Crippen LogP contribution in [0.3, 0.4) is 0 Å². The molecule has 2 aromatic carbocycles. The monoisotopic (exact) mass is 310 g/mol. The van der Waals surface area contributed by atoms with Gasteiger partial charge in [0.1, 0.15) is 0 Å². The Morgan fingerprint density at radius 3 is 2.52 bits per heavy atom. The number of cyclic esters (lactones) is 1. The number of ketones is 1. The molecule has 1 aliphatic heterocycles. The van der Waals surface area contributed by atoms with Crippen LogP contribution in [0.5, 0.6) is 0 Å². The van der Waals surface area contributed by atoms with Crippen molar-refractivity contribution in [2.24, 2.45) is 0 Å². The summed E-state index contributed by atoms with van der Waals surface area (Å²) in [4.78, 5) is 24.7. The number of hydrogen-bond acceptors (Lipinski definition) is 3. The van der Waals surface area contributed by atoms with E-state index >= 15 is 4.39 Å². The van der Waals surface area contributed by atoms with E-state index in [2.05, 4.69) is 0 Å². The smallest absolute Gasteiger partial charge is 0.311 e. The molecule has 3 nitrogen and oxygen atoms in total. The molecule has 0 fully saturated rings. The fourth-order valence-corrected chi connectivity index (χ4v) is 3.55. The van der Waals surface area contributed by atoms with Gasteiger partial charge in [0.25, 0.3) is 0 Å². The standard InChI is InChI=1S/C19H15FO3/c20-19(10-9-12-5-1-3-7-14(12)17(19)22)18-15-8-4-2-6-13(15)11-16(21)23-18/h1-8,18H,9-11H2/t18-,19-/m0/s1. The summed E-state index contributed by atoms with van der Waals surface area (Å²) in [6.45, 7) is 0. The largest absolute Gasteiger partial charge is 0.453 e. The molecule has 0 unspecified atom stereocenters. The maximum Gasteiger partial charge on any atom is 0.311 e. The minimum Gasteiger partial charge on any atom is -0.453 e. The van der Waals surface area contributed by atoms with E-state index in [0.717, 1.165) is 11.1 Å². The molecule has 0 N–H and O–H groups in total. The summed E-state index contributed by atoms with van der Waals surface area (Å²) >= 11 is 0. The second kappa shape index (κ2) is 5.01. The summed E-state index contributed by atoms with van der Waals surface area (Å²) in [5.74, 6) is -1.08. The Balaban J connectivity index is 1.82. The molecule has 0 aromatic heterocycles. The van der Waals surface area contributed by atoms with Gasteiger partial charge in [0, 0.05) is 5.56 Å². The van der Waals surface area contributed by atoms with Crippen LogP contribution in [0.2, 0.25) is 0 Å². The summed E-state index contributed by atoms with van der Waals surface area (Å²) in [5, 5.41) is 0. The van der Waals surface area contributed by atoms with Crippen LogP contribution in [0.15, 0.2) is 48.5 Å². The molecule has 0 saturated heterocycles. The van der Waals surface area contributed by atoms with Gasteiger partial charge in [-0.1, -0.05) is 48.5 Å². The van der Waals surface area contributed by atoms with Crippen molar-refractivity contribution in [1.29, 1.82) is 0 Å². The molecule has 4 rings (SSSR count). The number of fused-ring (bicyclic) bond motifs is 2. The van der Waals surface area contributed by atoms with Gasteiger partial charge in [-0.25, -0.2) is 4.39 Å². The van der Waals surface area contributed by atoms with Crippen molar-refractivity contribution in [3.05, 3.63) is 70.8 Å². The molecule has 23 heavy (non-hydrogen) atoms. The fraction of sp³-hybridized carbons (Fsp3) is 0.263.